The van der Waals surface area contributed by atoms with Gasteiger partial charge in [0.15, 0.2) is 0 Å². The molecular formula is C11H21NO. The van der Waals surface area contributed by atoms with E-state index in [0.717, 1.165) is 6.61 Å². The Balaban J connectivity index is 1.87. The van der Waals surface area contributed by atoms with Crippen molar-refractivity contribution < 1.29 is 4.74 Å². The Kier molecular flexibility index (Phi) is 2.89. The Morgan fingerprint density at radius 3 is 2.46 bits per heavy atom. The van der Waals surface area contributed by atoms with Crippen molar-refractivity contribution >= 4 is 0 Å². The van der Waals surface area contributed by atoms with Crippen molar-refractivity contribution in [1.29, 1.82) is 0 Å². The predicted molar refractivity (Wildman–Crippen MR) is 53.9 cm³/mol. The second kappa shape index (κ2) is 3.97. The smallest absolute Gasteiger partial charge is 0.0706 e. The molecule has 0 aliphatic carbocycles. The molecule has 0 bridgehead atoms. The minimum atomic E-state index is 0.296. The summed E-state index contributed by atoms with van der Waals surface area (Å²) in [5.74, 6) is 0. The molecule has 0 unspecified atom stereocenters. The van der Waals surface area contributed by atoms with Crippen LogP contribution in [-0.4, -0.2) is 36.7 Å². The fraction of sp³-hybridized carbons (Fsp3) is 1.00. The van der Waals surface area contributed by atoms with Gasteiger partial charge in [0.2, 0.25) is 0 Å². The van der Waals surface area contributed by atoms with Crippen molar-refractivity contribution in [3.8, 4) is 0 Å². The minimum absolute atomic E-state index is 0.296. The molecule has 2 nitrogen and oxygen atoms in total. The second-order valence-electron chi connectivity index (χ2n) is 4.42. The van der Waals surface area contributed by atoms with Gasteiger partial charge in [-0.05, 0) is 38.6 Å². The maximum Gasteiger partial charge on any atom is 0.0706 e. The normalized spacial score (nSPS) is 29.3. The second-order valence-corrected chi connectivity index (χ2v) is 4.42. The average Bonchev–Trinajstić information content (AvgIpc) is 2.20. The molecule has 2 fully saturated rings. The fourth-order valence-corrected chi connectivity index (χ4v) is 2.58. The summed E-state index contributed by atoms with van der Waals surface area (Å²) < 4.78 is 5.97. The summed E-state index contributed by atoms with van der Waals surface area (Å²) in [7, 11) is 0. The van der Waals surface area contributed by atoms with Crippen LogP contribution in [0.4, 0.5) is 0 Å². The van der Waals surface area contributed by atoms with Crippen molar-refractivity contribution in [2.24, 2.45) is 0 Å². The Hall–Kier alpha value is -0.0800. The first kappa shape index (κ1) is 9.47. The molecule has 2 heteroatoms. The van der Waals surface area contributed by atoms with Gasteiger partial charge in [0.1, 0.15) is 0 Å². The predicted octanol–water partition coefficient (Wildman–Crippen LogP) is 2.04. The molecule has 76 valence electrons. The summed E-state index contributed by atoms with van der Waals surface area (Å²) in [5, 5.41) is 0. The quantitative estimate of drug-likeness (QED) is 0.617. The summed E-state index contributed by atoms with van der Waals surface area (Å²) in [6.07, 6.45) is 6.50. The summed E-state index contributed by atoms with van der Waals surface area (Å²) in [4.78, 5) is 2.53. The van der Waals surface area contributed by atoms with Crippen LogP contribution in [0, 0.1) is 0 Å². The van der Waals surface area contributed by atoms with E-state index in [1.54, 1.807) is 0 Å². The third kappa shape index (κ3) is 2.05. The molecule has 13 heavy (non-hydrogen) atoms. The van der Waals surface area contributed by atoms with Gasteiger partial charge >= 0.3 is 0 Å². The zero-order chi connectivity index (χ0) is 9.15. The Bertz CT molecular complexity index is 153. The first-order chi connectivity index (χ1) is 6.35. The van der Waals surface area contributed by atoms with Gasteiger partial charge < -0.3 is 9.64 Å². The zero-order valence-electron chi connectivity index (χ0n) is 8.72. The van der Waals surface area contributed by atoms with Gasteiger partial charge in [-0.1, -0.05) is 6.92 Å². The molecule has 2 saturated heterocycles. The topological polar surface area (TPSA) is 12.5 Å². The number of rotatable bonds is 1. The van der Waals surface area contributed by atoms with E-state index in [4.69, 9.17) is 4.74 Å². The molecule has 0 atom stereocenters. The molecule has 0 aromatic heterocycles. The van der Waals surface area contributed by atoms with Crippen LogP contribution in [0.2, 0.25) is 0 Å². The number of likely N-dealkylation sites (tertiary alicyclic amines) is 1. The van der Waals surface area contributed by atoms with E-state index in [1.807, 2.05) is 0 Å². The van der Waals surface area contributed by atoms with Crippen molar-refractivity contribution in [1.82, 2.24) is 4.90 Å². The number of hydrogen-bond acceptors (Lipinski definition) is 2. The molecule has 0 amide bonds. The Morgan fingerprint density at radius 2 is 1.92 bits per heavy atom. The van der Waals surface area contributed by atoms with Crippen LogP contribution < -0.4 is 0 Å². The molecule has 0 N–H and O–H groups in total. The lowest BCUT2D eigenvalue weighted by Crippen LogP contribution is -2.47. The van der Waals surface area contributed by atoms with Gasteiger partial charge in [0.05, 0.1) is 5.60 Å². The van der Waals surface area contributed by atoms with E-state index in [-0.39, 0.29) is 0 Å². The van der Waals surface area contributed by atoms with Crippen LogP contribution >= 0.6 is 0 Å². The fourth-order valence-electron chi connectivity index (χ4n) is 2.58. The lowest BCUT2D eigenvalue weighted by molar-refractivity contribution is -0.110. The van der Waals surface area contributed by atoms with Crippen molar-refractivity contribution in [3.05, 3.63) is 0 Å². The molecule has 2 rings (SSSR count). The summed E-state index contributed by atoms with van der Waals surface area (Å²) in [5.41, 5.74) is 0.296. The maximum atomic E-state index is 5.97. The van der Waals surface area contributed by atoms with Crippen LogP contribution in [-0.2, 0) is 4.74 Å². The van der Waals surface area contributed by atoms with Crippen molar-refractivity contribution in [2.75, 3.05) is 26.2 Å². The standard InChI is InChI=1S/C11H21NO/c1-2-12-8-6-11(7-9-12)5-3-4-10-13-11/h2-10H2,1H3. The lowest BCUT2D eigenvalue weighted by atomic mass is 9.84. The highest BCUT2D eigenvalue weighted by Crippen LogP contribution is 2.34. The number of hydrogen-bond donors (Lipinski definition) is 0. The van der Waals surface area contributed by atoms with Crippen LogP contribution in [0.3, 0.4) is 0 Å². The highest BCUT2D eigenvalue weighted by atomic mass is 16.5. The van der Waals surface area contributed by atoms with E-state index >= 15 is 0 Å². The van der Waals surface area contributed by atoms with Crippen LogP contribution in [0.5, 0.6) is 0 Å². The average molecular weight is 183 g/mol. The van der Waals surface area contributed by atoms with E-state index < -0.39 is 0 Å². The third-order valence-corrected chi connectivity index (χ3v) is 3.65. The Morgan fingerprint density at radius 1 is 1.15 bits per heavy atom. The SMILES string of the molecule is CCN1CCC2(CCCCO2)CC1. The Labute approximate surface area is 81.3 Å². The number of nitrogens with zero attached hydrogens (tertiary/aromatic N) is 1. The van der Waals surface area contributed by atoms with Gasteiger partial charge in [-0.25, -0.2) is 0 Å². The van der Waals surface area contributed by atoms with Gasteiger partial charge in [-0.2, -0.15) is 0 Å². The van der Waals surface area contributed by atoms with Crippen LogP contribution in [0.1, 0.15) is 39.0 Å². The molecule has 0 radical (unpaired) electrons. The van der Waals surface area contributed by atoms with Gasteiger partial charge in [-0.15, -0.1) is 0 Å². The first-order valence-electron chi connectivity index (χ1n) is 5.71. The molecule has 1 spiro atoms. The first-order valence-corrected chi connectivity index (χ1v) is 5.71. The minimum Gasteiger partial charge on any atom is -0.375 e. The molecule has 2 aliphatic heterocycles. The molecule has 0 saturated carbocycles. The van der Waals surface area contributed by atoms with E-state index in [2.05, 4.69) is 11.8 Å². The van der Waals surface area contributed by atoms with E-state index in [1.165, 1.54) is 51.7 Å². The molecule has 0 aromatic carbocycles. The van der Waals surface area contributed by atoms with Crippen molar-refractivity contribution in [2.45, 2.75) is 44.6 Å². The van der Waals surface area contributed by atoms with Gasteiger partial charge in [0.25, 0.3) is 0 Å². The highest BCUT2D eigenvalue weighted by Gasteiger charge is 2.36. The highest BCUT2D eigenvalue weighted by molar-refractivity contribution is 4.89. The number of piperidine rings is 1. The largest absolute Gasteiger partial charge is 0.375 e. The monoisotopic (exact) mass is 183 g/mol. The van der Waals surface area contributed by atoms with Crippen LogP contribution in [0.25, 0.3) is 0 Å². The zero-order valence-corrected chi connectivity index (χ0v) is 8.72. The molecule has 2 aliphatic rings. The lowest BCUT2D eigenvalue weighted by Gasteiger charge is -2.43. The van der Waals surface area contributed by atoms with Crippen molar-refractivity contribution in [3.63, 3.8) is 0 Å². The molecule has 2 heterocycles. The van der Waals surface area contributed by atoms with E-state index in [9.17, 15) is 0 Å². The van der Waals surface area contributed by atoms with Gasteiger partial charge in [0, 0.05) is 19.7 Å². The van der Waals surface area contributed by atoms with E-state index in [0.29, 0.717) is 5.60 Å². The molecule has 0 aromatic rings. The summed E-state index contributed by atoms with van der Waals surface area (Å²) in [6, 6.07) is 0. The van der Waals surface area contributed by atoms with Gasteiger partial charge in [-0.3, -0.25) is 0 Å². The third-order valence-electron chi connectivity index (χ3n) is 3.65. The van der Waals surface area contributed by atoms with Crippen LogP contribution in [0.15, 0.2) is 0 Å². The summed E-state index contributed by atoms with van der Waals surface area (Å²) >= 11 is 0. The maximum absolute atomic E-state index is 5.97. The molecular weight excluding hydrogens is 162 g/mol. The number of ether oxygens (including phenoxy) is 1. The summed E-state index contributed by atoms with van der Waals surface area (Å²) in [6.45, 7) is 6.95.